The lowest BCUT2D eigenvalue weighted by atomic mass is 9.89. The van der Waals surface area contributed by atoms with Crippen LogP contribution in [0, 0.1) is 0 Å². The molecule has 1 heterocycles. The van der Waals surface area contributed by atoms with Crippen LogP contribution < -0.4 is 9.47 Å². The van der Waals surface area contributed by atoms with Crippen LogP contribution in [0.4, 0.5) is 0 Å². The van der Waals surface area contributed by atoms with Gasteiger partial charge in [-0.15, -0.1) is 0 Å². The van der Waals surface area contributed by atoms with Crippen molar-refractivity contribution in [1.82, 2.24) is 14.9 Å². The maximum Gasteiger partial charge on any atom is 0.246 e. The largest absolute Gasteiger partial charge is 0.480 e. The second-order valence-electron chi connectivity index (χ2n) is 4.90. The minimum absolute atomic E-state index is 0.0827. The second kappa shape index (κ2) is 7.36. The van der Waals surface area contributed by atoms with Gasteiger partial charge in [0.2, 0.25) is 17.5 Å². The summed E-state index contributed by atoms with van der Waals surface area (Å²) in [4.78, 5) is 23.4. The molecule has 118 valence electrons. The fourth-order valence-corrected chi connectivity index (χ4v) is 2.46. The Morgan fingerprint density at radius 3 is 2.29 bits per heavy atom. The molecule has 6 heteroatoms. The zero-order valence-electron chi connectivity index (χ0n) is 13.8. The van der Waals surface area contributed by atoms with Gasteiger partial charge in [0.1, 0.15) is 0 Å². The van der Waals surface area contributed by atoms with E-state index >= 15 is 0 Å². The van der Waals surface area contributed by atoms with Gasteiger partial charge < -0.3 is 9.47 Å². The predicted molar refractivity (Wildman–Crippen MR) is 81.1 cm³/mol. The molecule has 1 aromatic rings. The van der Waals surface area contributed by atoms with Gasteiger partial charge in [-0.1, -0.05) is 20.8 Å². The fraction of sp³-hybridized carbons (Fsp3) is 0.667. The van der Waals surface area contributed by atoms with Gasteiger partial charge in [0.05, 0.1) is 26.0 Å². The fourth-order valence-electron chi connectivity index (χ4n) is 2.46. The normalized spacial score (nSPS) is 13.9. The molecule has 0 spiro atoms. The topological polar surface area (TPSA) is 64.6 Å². The molecule has 0 saturated carbocycles. The lowest BCUT2D eigenvalue weighted by molar-refractivity contribution is 0.0597. The van der Waals surface area contributed by atoms with E-state index in [1.165, 1.54) is 20.4 Å². The summed E-state index contributed by atoms with van der Waals surface area (Å²) in [5.74, 6) is 0.441. The number of rotatable bonds is 8. The minimum Gasteiger partial charge on any atom is -0.480 e. The summed E-state index contributed by atoms with van der Waals surface area (Å²) in [5, 5.41) is 0. The van der Waals surface area contributed by atoms with Gasteiger partial charge in [-0.05, 0) is 26.4 Å². The van der Waals surface area contributed by atoms with E-state index in [-0.39, 0.29) is 17.4 Å². The van der Waals surface area contributed by atoms with Crippen LogP contribution in [0.2, 0.25) is 0 Å². The molecular formula is C15H25N3O3. The van der Waals surface area contributed by atoms with Crippen molar-refractivity contribution in [1.29, 1.82) is 0 Å². The summed E-state index contributed by atoms with van der Waals surface area (Å²) in [7, 11) is 2.97. The van der Waals surface area contributed by atoms with Crippen molar-refractivity contribution in [2.45, 2.75) is 39.7 Å². The number of ether oxygens (including phenoxy) is 2. The molecule has 1 aromatic heterocycles. The average Bonchev–Trinajstić information content (AvgIpc) is 2.54. The maximum absolute atomic E-state index is 13.0. The van der Waals surface area contributed by atoms with E-state index in [0.717, 1.165) is 13.1 Å². The summed E-state index contributed by atoms with van der Waals surface area (Å²) in [6.45, 7) is 9.60. The highest BCUT2D eigenvalue weighted by molar-refractivity contribution is 6.03. The average molecular weight is 295 g/mol. The van der Waals surface area contributed by atoms with E-state index in [1.807, 2.05) is 27.7 Å². The van der Waals surface area contributed by atoms with Crippen molar-refractivity contribution in [3.8, 4) is 11.8 Å². The number of Topliss-reactive ketones (excluding diaryl/α,β-unsaturated/α-hetero) is 1. The number of methoxy groups -OCH3 is 2. The van der Waals surface area contributed by atoms with Crippen LogP contribution in [0.15, 0.2) is 6.20 Å². The summed E-state index contributed by atoms with van der Waals surface area (Å²) in [6.07, 6.45) is 2.12. The van der Waals surface area contributed by atoms with Crippen LogP contribution in [0.1, 0.15) is 44.6 Å². The Labute approximate surface area is 126 Å². The first kappa shape index (κ1) is 17.4. The Balaban J connectivity index is 3.28. The first-order chi connectivity index (χ1) is 9.98. The molecule has 0 aromatic carbocycles. The van der Waals surface area contributed by atoms with Crippen molar-refractivity contribution in [3.05, 3.63) is 11.9 Å². The Morgan fingerprint density at radius 2 is 1.86 bits per heavy atom. The van der Waals surface area contributed by atoms with Crippen LogP contribution in [-0.2, 0) is 0 Å². The van der Waals surface area contributed by atoms with Gasteiger partial charge in [-0.25, -0.2) is 4.98 Å². The molecule has 0 fully saturated rings. The molecule has 0 saturated heterocycles. The van der Waals surface area contributed by atoms with Gasteiger partial charge in [0, 0.05) is 0 Å². The van der Waals surface area contributed by atoms with Crippen molar-refractivity contribution >= 4 is 5.78 Å². The molecule has 21 heavy (non-hydrogen) atoms. The quantitative estimate of drug-likeness (QED) is 0.685. The Morgan fingerprint density at radius 1 is 1.24 bits per heavy atom. The van der Waals surface area contributed by atoms with E-state index in [4.69, 9.17) is 9.47 Å². The monoisotopic (exact) mass is 295 g/mol. The second-order valence-corrected chi connectivity index (χ2v) is 4.90. The SMILES string of the molecule is CCN(CC)C(C)(CC)C(=O)c1ncc(OC)nc1OC. The maximum atomic E-state index is 13.0. The smallest absolute Gasteiger partial charge is 0.246 e. The van der Waals surface area contributed by atoms with Crippen molar-refractivity contribution < 1.29 is 14.3 Å². The molecule has 0 bridgehead atoms. The number of carbonyl (C=O) groups is 1. The highest BCUT2D eigenvalue weighted by atomic mass is 16.5. The Bertz CT molecular complexity index is 489. The number of aromatic nitrogens is 2. The minimum atomic E-state index is -0.625. The predicted octanol–water partition coefficient (Wildman–Crippen LogP) is 2.19. The lowest BCUT2D eigenvalue weighted by Gasteiger charge is -2.38. The standard InChI is InChI=1S/C15H25N3O3/c1-7-15(4,18(8-2)9-3)13(19)12-14(21-6)17-11(20-5)10-16-12/h10H,7-9H2,1-6H3. The van der Waals surface area contributed by atoms with Crippen molar-refractivity contribution in [2.75, 3.05) is 27.3 Å². The van der Waals surface area contributed by atoms with Crippen LogP contribution in [0.25, 0.3) is 0 Å². The zero-order valence-corrected chi connectivity index (χ0v) is 13.8. The molecule has 1 rings (SSSR count). The summed E-state index contributed by atoms with van der Waals surface area (Å²) >= 11 is 0. The Hall–Kier alpha value is -1.69. The summed E-state index contributed by atoms with van der Waals surface area (Å²) in [6, 6.07) is 0. The molecule has 0 aliphatic carbocycles. The van der Waals surface area contributed by atoms with E-state index < -0.39 is 5.54 Å². The molecule has 0 radical (unpaired) electrons. The van der Waals surface area contributed by atoms with Gasteiger partial charge >= 0.3 is 0 Å². The number of likely N-dealkylation sites (N-methyl/N-ethyl adjacent to an activating group) is 1. The third-order valence-electron chi connectivity index (χ3n) is 3.97. The summed E-state index contributed by atoms with van der Waals surface area (Å²) < 4.78 is 10.2. The first-order valence-electron chi connectivity index (χ1n) is 7.23. The third kappa shape index (κ3) is 3.32. The number of hydrogen-bond acceptors (Lipinski definition) is 6. The molecule has 0 aliphatic rings. The highest BCUT2D eigenvalue weighted by Crippen LogP contribution is 2.28. The molecule has 1 atom stereocenters. The molecule has 1 unspecified atom stereocenters. The van der Waals surface area contributed by atoms with Gasteiger partial charge in [0.15, 0.2) is 5.69 Å². The lowest BCUT2D eigenvalue weighted by Crippen LogP contribution is -2.52. The van der Waals surface area contributed by atoms with Gasteiger partial charge in [0.25, 0.3) is 0 Å². The van der Waals surface area contributed by atoms with Crippen molar-refractivity contribution in [2.24, 2.45) is 0 Å². The van der Waals surface area contributed by atoms with E-state index in [2.05, 4.69) is 14.9 Å². The molecule has 0 N–H and O–H groups in total. The summed E-state index contributed by atoms with van der Waals surface area (Å²) in [5.41, 5.74) is -0.380. The number of nitrogens with zero attached hydrogens (tertiary/aromatic N) is 3. The molecule has 0 amide bonds. The van der Waals surface area contributed by atoms with E-state index in [0.29, 0.717) is 12.3 Å². The molecule has 6 nitrogen and oxygen atoms in total. The zero-order chi connectivity index (χ0) is 16.0. The number of hydrogen-bond donors (Lipinski definition) is 0. The third-order valence-corrected chi connectivity index (χ3v) is 3.97. The van der Waals surface area contributed by atoms with Crippen LogP contribution >= 0.6 is 0 Å². The van der Waals surface area contributed by atoms with Crippen LogP contribution in [-0.4, -0.2) is 53.5 Å². The molecule has 0 aliphatic heterocycles. The van der Waals surface area contributed by atoms with Gasteiger partial charge in [-0.3, -0.25) is 9.69 Å². The van der Waals surface area contributed by atoms with E-state index in [1.54, 1.807) is 0 Å². The van der Waals surface area contributed by atoms with E-state index in [9.17, 15) is 4.79 Å². The molecular weight excluding hydrogens is 270 g/mol. The highest BCUT2D eigenvalue weighted by Gasteiger charge is 2.39. The Kier molecular flexibility index (Phi) is 6.08. The number of ketones is 1. The number of carbonyl (C=O) groups excluding carboxylic acids is 1. The van der Waals surface area contributed by atoms with Crippen LogP contribution in [0.5, 0.6) is 11.8 Å². The van der Waals surface area contributed by atoms with Gasteiger partial charge in [-0.2, -0.15) is 4.98 Å². The van der Waals surface area contributed by atoms with Crippen LogP contribution in [0.3, 0.4) is 0 Å². The first-order valence-corrected chi connectivity index (χ1v) is 7.23. The van der Waals surface area contributed by atoms with Crippen molar-refractivity contribution in [3.63, 3.8) is 0 Å².